The van der Waals surface area contributed by atoms with Crippen molar-refractivity contribution in [2.75, 3.05) is 5.32 Å². The fraction of sp³-hybridized carbons (Fsp3) is 0.286. The highest BCUT2D eigenvalue weighted by Gasteiger charge is 2.33. The van der Waals surface area contributed by atoms with Gasteiger partial charge in [-0.1, -0.05) is 12.1 Å². The largest absolute Gasteiger partial charge is 0.418 e. The third-order valence-corrected chi connectivity index (χ3v) is 6.35. The van der Waals surface area contributed by atoms with E-state index in [0.29, 0.717) is 0 Å². The zero-order valence-corrected chi connectivity index (χ0v) is 16.4. The van der Waals surface area contributed by atoms with E-state index in [-0.39, 0.29) is 12.2 Å². The lowest BCUT2D eigenvalue weighted by molar-refractivity contribution is -0.136. The molecule has 2 heterocycles. The van der Waals surface area contributed by atoms with Crippen LogP contribution in [0.3, 0.4) is 0 Å². The average Bonchev–Trinajstić information content (AvgIpc) is 3.33. The van der Waals surface area contributed by atoms with E-state index < -0.39 is 17.8 Å². The normalized spacial score (nSPS) is 13.8. The number of thiophene rings is 1. The Bertz CT molecular complexity index is 1010. The molecule has 4 nitrogen and oxygen atoms in total. The van der Waals surface area contributed by atoms with Crippen molar-refractivity contribution >= 4 is 23.1 Å². The zero-order chi connectivity index (χ0) is 20.4. The van der Waals surface area contributed by atoms with E-state index >= 15 is 0 Å². The molecule has 2 aromatic heterocycles. The molecule has 0 radical (unpaired) electrons. The van der Waals surface area contributed by atoms with Gasteiger partial charge in [-0.05, 0) is 55.5 Å². The van der Waals surface area contributed by atoms with Gasteiger partial charge in [0.25, 0.3) is 0 Å². The van der Waals surface area contributed by atoms with Crippen molar-refractivity contribution in [3.8, 4) is 5.00 Å². The van der Waals surface area contributed by atoms with E-state index in [1.165, 1.54) is 28.6 Å². The first-order valence-electron chi connectivity index (χ1n) is 9.41. The summed E-state index contributed by atoms with van der Waals surface area (Å²) in [7, 11) is 0. The maximum Gasteiger partial charge on any atom is 0.418 e. The number of benzene rings is 1. The molecule has 2 N–H and O–H groups in total. The van der Waals surface area contributed by atoms with Crippen LogP contribution in [0.15, 0.2) is 48.8 Å². The van der Waals surface area contributed by atoms with Crippen LogP contribution in [0.25, 0.3) is 5.00 Å². The second-order valence-electron chi connectivity index (χ2n) is 6.94. The van der Waals surface area contributed by atoms with Gasteiger partial charge in [-0.25, -0.2) is 4.79 Å². The summed E-state index contributed by atoms with van der Waals surface area (Å²) in [5, 5.41) is 6.13. The lowest BCUT2D eigenvalue weighted by Gasteiger charge is -2.16. The van der Waals surface area contributed by atoms with Crippen molar-refractivity contribution in [2.24, 2.45) is 0 Å². The molecular formula is C21H20F3N3OS. The number of carbonyl (C=O) groups is 1. The highest BCUT2D eigenvalue weighted by molar-refractivity contribution is 7.14. The Morgan fingerprint density at radius 3 is 2.55 bits per heavy atom. The number of rotatable bonds is 4. The van der Waals surface area contributed by atoms with Gasteiger partial charge in [0, 0.05) is 29.4 Å². The molecule has 0 aliphatic heterocycles. The third-order valence-electron chi connectivity index (χ3n) is 5.00. The predicted octanol–water partition coefficient (Wildman–Crippen LogP) is 5.76. The predicted molar refractivity (Wildman–Crippen MR) is 108 cm³/mol. The summed E-state index contributed by atoms with van der Waals surface area (Å²) in [5.41, 5.74) is 1.19. The molecule has 0 atom stereocenters. The van der Waals surface area contributed by atoms with E-state index in [4.69, 9.17) is 0 Å². The molecule has 152 valence electrons. The molecule has 0 saturated carbocycles. The number of halogens is 3. The number of aryl methyl sites for hydroxylation is 1. The Morgan fingerprint density at radius 1 is 1.07 bits per heavy atom. The van der Waals surface area contributed by atoms with Gasteiger partial charge in [-0.3, -0.25) is 0 Å². The van der Waals surface area contributed by atoms with Crippen molar-refractivity contribution in [1.29, 1.82) is 0 Å². The molecule has 0 saturated heterocycles. The van der Waals surface area contributed by atoms with E-state index in [1.807, 2.05) is 29.1 Å². The number of alkyl halides is 3. The first-order valence-corrected chi connectivity index (χ1v) is 10.2. The Kier molecular flexibility index (Phi) is 5.36. The van der Waals surface area contributed by atoms with Gasteiger partial charge in [0.05, 0.1) is 11.3 Å². The number of para-hydroxylation sites is 1. The highest BCUT2D eigenvalue weighted by Crippen LogP contribution is 2.37. The number of anilines is 1. The van der Waals surface area contributed by atoms with Gasteiger partial charge in [0.1, 0.15) is 5.00 Å². The van der Waals surface area contributed by atoms with Crippen LogP contribution < -0.4 is 10.6 Å². The number of carbonyl (C=O) groups excluding carboxylic acids is 1. The number of fused-ring (bicyclic) bond motifs is 1. The van der Waals surface area contributed by atoms with Gasteiger partial charge in [0.2, 0.25) is 0 Å². The molecule has 0 bridgehead atoms. The van der Waals surface area contributed by atoms with Crippen molar-refractivity contribution in [3.05, 3.63) is 70.4 Å². The second-order valence-corrected chi connectivity index (χ2v) is 8.02. The topological polar surface area (TPSA) is 46.1 Å². The summed E-state index contributed by atoms with van der Waals surface area (Å²) < 4.78 is 41.4. The van der Waals surface area contributed by atoms with Crippen LogP contribution in [-0.4, -0.2) is 10.6 Å². The first-order chi connectivity index (χ1) is 13.9. The maximum absolute atomic E-state index is 13.1. The Labute approximate surface area is 170 Å². The van der Waals surface area contributed by atoms with E-state index in [2.05, 4.69) is 10.6 Å². The van der Waals surface area contributed by atoms with Gasteiger partial charge in [-0.15, -0.1) is 11.3 Å². The van der Waals surface area contributed by atoms with Crippen molar-refractivity contribution in [1.82, 2.24) is 9.88 Å². The van der Waals surface area contributed by atoms with Crippen LogP contribution >= 0.6 is 11.3 Å². The third kappa shape index (κ3) is 4.17. The van der Waals surface area contributed by atoms with Gasteiger partial charge >= 0.3 is 12.2 Å². The highest BCUT2D eigenvalue weighted by atomic mass is 32.1. The van der Waals surface area contributed by atoms with E-state index in [9.17, 15) is 18.0 Å². The minimum Gasteiger partial charge on any atom is -0.334 e. The fourth-order valence-electron chi connectivity index (χ4n) is 3.65. The number of hydrogen-bond acceptors (Lipinski definition) is 2. The number of nitrogens with zero attached hydrogens (tertiary/aromatic N) is 1. The van der Waals surface area contributed by atoms with E-state index in [0.717, 1.165) is 42.3 Å². The molecule has 8 heteroatoms. The zero-order valence-electron chi connectivity index (χ0n) is 15.6. The summed E-state index contributed by atoms with van der Waals surface area (Å²) in [5.74, 6) is 0. The van der Waals surface area contributed by atoms with Crippen LogP contribution in [0.1, 0.15) is 34.4 Å². The molecule has 2 amide bonds. The van der Waals surface area contributed by atoms with Crippen LogP contribution in [0.4, 0.5) is 23.7 Å². The number of hydrogen-bond donors (Lipinski definition) is 2. The van der Waals surface area contributed by atoms with Crippen molar-refractivity contribution in [3.63, 3.8) is 0 Å². The summed E-state index contributed by atoms with van der Waals surface area (Å²) in [6.45, 7) is 0.263. The van der Waals surface area contributed by atoms with Crippen LogP contribution in [0.2, 0.25) is 0 Å². The van der Waals surface area contributed by atoms with Gasteiger partial charge in [0.15, 0.2) is 0 Å². The minimum absolute atomic E-state index is 0.254. The van der Waals surface area contributed by atoms with Crippen molar-refractivity contribution < 1.29 is 18.0 Å². The summed E-state index contributed by atoms with van der Waals surface area (Å²) >= 11 is 1.72. The van der Waals surface area contributed by atoms with Crippen LogP contribution in [0.5, 0.6) is 0 Å². The molecule has 4 rings (SSSR count). The SMILES string of the molecule is O=C(NCc1c(-n2cccc2)sc2c1CCCC2)Nc1ccccc1C(F)(F)F. The van der Waals surface area contributed by atoms with Crippen LogP contribution in [-0.2, 0) is 25.6 Å². The molecule has 3 aromatic rings. The molecule has 29 heavy (non-hydrogen) atoms. The lowest BCUT2D eigenvalue weighted by atomic mass is 9.95. The summed E-state index contributed by atoms with van der Waals surface area (Å²) in [4.78, 5) is 13.7. The van der Waals surface area contributed by atoms with Crippen LogP contribution in [0, 0.1) is 0 Å². The number of amides is 2. The average molecular weight is 419 g/mol. The minimum atomic E-state index is -4.53. The van der Waals surface area contributed by atoms with E-state index in [1.54, 1.807) is 11.3 Å². The molecular weight excluding hydrogens is 399 g/mol. The summed E-state index contributed by atoms with van der Waals surface area (Å²) in [6.07, 6.45) is 3.63. The fourth-order valence-corrected chi connectivity index (χ4v) is 5.03. The Hall–Kier alpha value is -2.74. The molecule has 1 aliphatic rings. The maximum atomic E-state index is 13.1. The molecule has 0 spiro atoms. The Morgan fingerprint density at radius 2 is 1.79 bits per heavy atom. The summed E-state index contributed by atoms with van der Waals surface area (Å²) in [6, 6.07) is 8.19. The molecule has 1 aromatic carbocycles. The lowest BCUT2D eigenvalue weighted by Crippen LogP contribution is -2.29. The molecule has 0 fully saturated rings. The van der Waals surface area contributed by atoms with Gasteiger partial charge < -0.3 is 15.2 Å². The van der Waals surface area contributed by atoms with Gasteiger partial charge in [-0.2, -0.15) is 13.2 Å². The van der Waals surface area contributed by atoms with Crippen molar-refractivity contribution in [2.45, 2.75) is 38.4 Å². The molecule has 1 aliphatic carbocycles. The Balaban J connectivity index is 1.53. The first kappa shape index (κ1) is 19.6. The molecule has 0 unspecified atom stereocenters. The number of aromatic nitrogens is 1. The number of urea groups is 1. The smallest absolute Gasteiger partial charge is 0.334 e. The number of nitrogens with one attached hydrogen (secondary N) is 2. The quantitative estimate of drug-likeness (QED) is 0.555. The second kappa shape index (κ2) is 7.94. The standard InChI is InChI=1S/C21H20F3N3OS/c22-21(23,24)16-8-2-3-9-17(16)26-20(28)25-13-15-14-7-1-4-10-18(14)29-19(15)27-11-5-6-12-27/h2-3,5-6,8-9,11-12H,1,4,7,10,13H2,(H2,25,26,28). The monoisotopic (exact) mass is 419 g/mol.